The number of rotatable bonds is 7. The van der Waals surface area contributed by atoms with Crippen molar-refractivity contribution in [3.63, 3.8) is 0 Å². The van der Waals surface area contributed by atoms with Crippen molar-refractivity contribution in [1.29, 1.82) is 0 Å². The van der Waals surface area contributed by atoms with Crippen molar-refractivity contribution in [2.45, 2.75) is 31.7 Å². The number of aliphatic hydroxyl groups is 1. The second kappa shape index (κ2) is 7.49. The first-order valence-electron chi connectivity index (χ1n) is 8.30. The van der Waals surface area contributed by atoms with Gasteiger partial charge in [0.2, 0.25) is 0 Å². The number of carbonyl (C=O) groups is 1. The molecule has 1 heterocycles. The third-order valence-corrected chi connectivity index (χ3v) is 4.14. The molecule has 0 aliphatic heterocycles. The van der Waals surface area contributed by atoms with Gasteiger partial charge in [0.15, 0.2) is 0 Å². The number of carbonyl (C=O) groups excluding carboxylic acids is 1. The molecule has 1 aromatic carbocycles. The summed E-state index contributed by atoms with van der Waals surface area (Å²) < 4.78 is 15.7. The predicted molar refractivity (Wildman–Crippen MR) is 90.8 cm³/mol. The van der Waals surface area contributed by atoms with Gasteiger partial charge in [-0.1, -0.05) is 0 Å². The van der Waals surface area contributed by atoms with Gasteiger partial charge in [-0.3, -0.25) is 0 Å². The molecule has 3 rings (SSSR count). The van der Waals surface area contributed by atoms with Gasteiger partial charge in [0, 0.05) is 37.3 Å². The number of amides is 2. The van der Waals surface area contributed by atoms with Crippen LogP contribution in [0.5, 0.6) is 0 Å². The SMILES string of the molecule is O=C(Nc1ccc(F)c(-n2cccc2)c1)N(CCCCO)C1CC1. The molecule has 0 radical (unpaired) electrons. The molecule has 0 spiro atoms. The molecule has 128 valence electrons. The Morgan fingerprint density at radius 1 is 1.29 bits per heavy atom. The Kier molecular flexibility index (Phi) is 5.15. The summed E-state index contributed by atoms with van der Waals surface area (Å²) in [6, 6.07) is 8.32. The van der Waals surface area contributed by atoms with E-state index < -0.39 is 0 Å². The molecule has 0 unspecified atom stereocenters. The molecule has 1 saturated carbocycles. The minimum absolute atomic E-state index is 0.137. The molecule has 2 amide bonds. The van der Waals surface area contributed by atoms with Gasteiger partial charge in [0.25, 0.3) is 0 Å². The van der Waals surface area contributed by atoms with Crippen LogP contribution in [0.15, 0.2) is 42.7 Å². The second-order valence-electron chi connectivity index (χ2n) is 6.04. The summed E-state index contributed by atoms with van der Waals surface area (Å²) >= 11 is 0. The number of halogens is 1. The molecule has 5 nitrogen and oxygen atoms in total. The fourth-order valence-corrected chi connectivity index (χ4v) is 2.71. The number of unbranched alkanes of at least 4 members (excludes halogenated alkanes) is 1. The van der Waals surface area contributed by atoms with Crippen LogP contribution in [-0.2, 0) is 0 Å². The maximum atomic E-state index is 14.0. The Labute approximate surface area is 140 Å². The first-order chi connectivity index (χ1) is 11.7. The topological polar surface area (TPSA) is 57.5 Å². The van der Waals surface area contributed by atoms with Crippen molar-refractivity contribution < 1.29 is 14.3 Å². The average Bonchev–Trinajstić information content (AvgIpc) is 3.26. The van der Waals surface area contributed by atoms with E-state index in [2.05, 4.69) is 5.32 Å². The van der Waals surface area contributed by atoms with Gasteiger partial charge in [-0.05, 0) is 56.0 Å². The molecular weight excluding hydrogens is 309 g/mol. The van der Waals surface area contributed by atoms with Gasteiger partial charge < -0.3 is 19.9 Å². The quantitative estimate of drug-likeness (QED) is 0.764. The molecule has 2 aromatic rings. The van der Waals surface area contributed by atoms with E-state index in [0.717, 1.165) is 19.3 Å². The van der Waals surface area contributed by atoms with Crippen LogP contribution in [0.2, 0.25) is 0 Å². The number of benzene rings is 1. The Hall–Kier alpha value is -2.34. The molecule has 1 aliphatic carbocycles. The predicted octanol–water partition coefficient (Wildman–Crippen LogP) is 3.39. The van der Waals surface area contributed by atoms with Gasteiger partial charge in [-0.25, -0.2) is 9.18 Å². The first kappa shape index (κ1) is 16.5. The van der Waals surface area contributed by atoms with Crippen LogP contribution >= 0.6 is 0 Å². The highest BCUT2D eigenvalue weighted by Crippen LogP contribution is 2.28. The summed E-state index contributed by atoms with van der Waals surface area (Å²) in [6.45, 7) is 0.765. The Bertz CT molecular complexity index is 684. The average molecular weight is 331 g/mol. The highest BCUT2D eigenvalue weighted by Gasteiger charge is 2.32. The third kappa shape index (κ3) is 3.94. The minimum Gasteiger partial charge on any atom is -0.396 e. The van der Waals surface area contributed by atoms with E-state index in [1.807, 2.05) is 17.0 Å². The standard InChI is InChI=1S/C18H22FN3O2/c19-16-8-5-14(13-17(16)21-9-1-2-10-21)20-18(24)22(15-6-7-15)11-3-4-12-23/h1-2,5,8-10,13,15,23H,3-4,6-7,11-12H2,(H,20,24). The minimum atomic E-state index is -0.341. The Morgan fingerprint density at radius 2 is 2.04 bits per heavy atom. The van der Waals surface area contributed by atoms with Crippen LogP contribution in [-0.4, -0.2) is 39.8 Å². The van der Waals surface area contributed by atoms with Crippen molar-refractivity contribution in [2.24, 2.45) is 0 Å². The van der Waals surface area contributed by atoms with Gasteiger partial charge in [-0.2, -0.15) is 0 Å². The number of urea groups is 1. The van der Waals surface area contributed by atoms with Crippen molar-refractivity contribution >= 4 is 11.7 Å². The van der Waals surface area contributed by atoms with E-state index in [9.17, 15) is 9.18 Å². The summed E-state index contributed by atoms with van der Waals surface area (Å²) in [7, 11) is 0. The lowest BCUT2D eigenvalue weighted by molar-refractivity contribution is 0.204. The summed E-state index contributed by atoms with van der Waals surface area (Å²) in [4.78, 5) is 14.3. The highest BCUT2D eigenvalue weighted by molar-refractivity contribution is 5.90. The van der Waals surface area contributed by atoms with Gasteiger partial charge in [0.05, 0.1) is 5.69 Å². The van der Waals surface area contributed by atoms with Gasteiger partial charge >= 0.3 is 6.03 Å². The third-order valence-electron chi connectivity index (χ3n) is 4.14. The summed E-state index contributed by atoms with van der Waals surface area (Å²) in [6.07, 6.45) is 7.02. The number of nitrogens with zero attached hydrogens (tertiary/aromatic N) is 2. The molecule has 1 aliphatic rings. The fourth-order valence-electron chi connectivity index (χ4n) is 2.71. The van der Waals surface area contributed by atoms with Crippen LogP contribution in [0.4, 0.5) is 14.9 Å². The zero-order valence-corrected chi connectivity index (χ0v) is 13.5. The van der Waals surface area contributed by atoms with E-state index in [1.54, 1.807) is 29.1 Å². The smallest absolute Gasteiger partial charge is 0.322 e. The van der Waals surface area contributed by atoms with E-state index in [-0.39, 0.29) is 24.5 Å². The van der Waals surface area contributed by atoms with Crippen LogP contribution in [0, 0.1) is 5.82 Å². The molecule has 0 bridgehead atoms. The zero-order chi connectivity index (χ0) is 16.9. The first-order valence-corrected chi connectivity index (χ1v) is 8.30. The molecule has 2 N–H and O–H groups in total. The highest BCUT2D eigenvalue weighted by atomic mass is 19.1. The lowest BCUT2D eigenvalue weighted by Gasteiger charge is -2.23. The Morgan fingerprint density at radius 3 is 2.71 bits per heavy atom. The van der Waals surface area contributed by atoms with Crippen molar-refractivity contribution in [3.8, 4) is 5.69 Å². The van der Waals surface area contributed by atoms with E-state index >= 15 is 0 Å². The van der Waals surface area contributed by atoms with Gasteiger partial charge in [-0.15, -0.1) is 0 Å². The molecule has 1 aromatic heterocycles. The monoisotopic (exact) mass is 331 g/mol. The second-order valence-corrected chi connectivity index (χ2v) is 6.04. The lowest BCUT2D eigenvalue weighted by Crippen LogP contribution is -2.37. The number of hydrogen-bond donors (Lipinski definition) is 2. The van der Waals surface area contributed by atoms with E-state index in [0.29, 0.717) is 24.3 Å². The molecule has 1 fully saturated rings. The van der Waals surface area contributed by atoms with Crippen LogP contribution < -0.4 is 5.32 Å². The van der Waals surface area contributed by atoms with E-state index in [1.165, 1.54) is 6.07 Å². The molecule has 0 atom stereocenters. The van der Waals surface area contributed by atoms with Crippen molar-refractivity contribution in [3.05, 3.63) is 48.5 Å². The molecule has 6 heteroatoms. The largest absolute Gasteiger partial charge is 0.396 e. The summed E-state index contributed by atoms with van der Waals surface area (Å²) in [5.74, 6) is -0.341. The molecule has 0 saturated heterocycles. The maximum absolute atomic E-state index is 14.0. The number of anilines is 1. The number of aromatic nitrogens is 1. The maximum Gasteiger partial charge on any atom is 0.322 e. The zero-order valence-electron chi connectivity index (χ0n) is 13.5. The van der Waals surface area contributed by atoms with E-state index in [4.69, 9.17) is 5.11 Å². The van der Waals surface area contributed by atoms with Crippen molar-refractivity contribution in [2.75, 3.05) is 18.5 Å². The Balaban J connectivity index is 1.70. The summed E-state index contributed by atoms with van der Waals surface area (Å²) in [5, 5.41) is 11.8. The normalized spacial score (nSPS) is 13.8. The number of hydrogen-bond acceptors (Lipinski definition) is 2. The summed E-state index contributed by atoms with van der Waals surface area (Å²) in [5.41, 5.74) is 0.967. The fraction of sp³-hybridized carbons (Fsp3) is 0.389. The molecular formula is C18H22FN3O2. The number of aliphatic hydroxyl groups excluding tert-OH is 1. The molecule has 24 heavy (non-hydrogen) atoms. The van der Waals surface area contributed by atoms with Crippen LogP contribution in [0.3, 0.4) is 0 Å². The van der Waals surface area contributed by atoms with Crippen LogP contribution in [0.25, 0.3) is 5.69 Å². The number of nitrogens with one attached hydrogen (secondary N) is 1. The van der Waals surface area contributed by atoms with Crippen molar-refractivity contribution in [1.82, 2.24) is 9.47 Å². The lowest BCUT2D eigenvalue weighted by atomic mass is 10.2. The van der Waals surface area contributed by atoms with Gasteiger partial charge in [0.1, 0.15) is 5.82 Å². The van der Waals surface area contributed by atoms with Crippen LogP contribution in [0.1, 0.15) is 25.7 Å².